The largest absolute Gasteiger partial charge is 0.365 e. The molecule has 1 heterocycles. The van der Waals surface area contributed by atoms with Crippen LogP contribution in [0.2, 0.25) is 0 Å². The maximum atomic E-state index is 12.0. The van der Waals surface area contributed by atoms with E-state index < -0.39 is 15.7 Å². The zero-order valence-electron chi connectivity index (χ0n) is 18.9. The fourth-order valence-electron chi connectivity index (χ4n) is 4.05. The summed E-state index contributed by atoms with van der Waals surface area (Å²) in [6.45, 7) is 0. The van der Waals surface area contributed by atoms with Gasteiger partial charge in [0.15, 0.2) is 9.84 Å². The first kappa shape index (κ1) is 23.7. The normalized spacial score (nSPS) is 18.3. The summed E-state index contributed by atoms with van der Waals surface area (Å²) in [6.07, 6.45) is 6.64. The molecule has 1 fully saturated rings. The van der Waals surface area contributed by atoms with E-state index in [0.717, 1.165) is 36.8 Å². The third kappa shape index (κ3) is 5.52. The number of hydrogen-bond donors (Lipinski definition) is 4. The average Bonchev–Trinajstić information content (AvgIpc) is 2.80. The Bertz CT molecular complexity index is 1310. The van der Waals surface area contributed by atoms with E-state index in [1.165, 1.54) is 12.5 Å². The van der Waals surface area contributed by atoms with Crippen LogP contribution < -0.4 is 22.1 Å². The van der Waals surface area contributed by atoms with Crippen LogP contribution in [0.15, 0.2) is 59.6 Å². The Labute approximate surface area is 198 Å². The quantitative estimate of drug-likeness (QED) is 0.402. The summed E-state index contributed by atoms with van der Waals surface area (Å²) in [6, 6.07) is 14.2. The third-order valence-corrected chi connectivity index (χ3v) is 7.02. The lowest BCUT2D eigenvalue weighted by molar-refractivity contribution is 0.100. The van der Waals surface area contributed by atoms with E-state index in [1.54, 1.807) is 18.2 Å². The molecule has 10 heteroatoms. The van der Waals surface area contributed by atoms with E-state index in [4.69, 9.17) is 11.5 Å². The summed E-state index contributed by atoms with van der Waals surface area (Å²) >= 11 is 0. The number of rotatable bonds is 7. The number of nitrogens with one attached hydrogen (secondary N) is 2. The molecule has 1 aromatic heterocycles. The van der Waals surface area contributed by atoms with Gasteiger partial charge in [-0.25, -0.2) is 13.4 Å². The van der Waals surface area contributed by atoms with Crippen molar-refractivity contribution in [2.45, 2.75) is 42.7 Å². The molecule has 1 aliphatic carbocycles. The highest BCUT2D eigenvalue weighted by Gasteiger charge is 2.23. The number of aromatic nitrogens is 2. The molecule has 1 aliphatic rings. The summed E-state index contributed by atoms with van der Waals surface area (Å²) in [5.74, 6) is -0.0105. The third-order valence-electron chi connectivity index (χ3n) is 5.91. The van der Waals surface area contributed by atoms with Gasteiger partial charge in [0.05, 0.1) is 4.90 Å². The zero-order valence-corrected chi connectivity index (χ0v) is 19.7. The standard InChI is InChI=1S/C24H28N6O3S/c1-34(32,33)18-9-5-7-16(13-18)15-6-4-8-17(12-15)28-23-19(22(26)31)14-27-24(30-23)29-21-11-3-2-10-20(21)25/h4-9,12-14,20-21H,2-3,10-11,25H2,1H3,(H2,26,31)(H2,27,28,29,30)/t20-,21+/m0/s1. The van der Waals surface area contributed by atoms with Crippen molar-refractivity contribution in [2.24, 2.45) is 11.5 Å². The van der Waals surface area contributed by atoms with Crippen molar-refractivity contribution >= 4 is 33.2 Å². The summed E-state index contributed by atoms with van der Waals surface area (Å²) in [5.41, 5.74) is 14.1. The second-order valence-corrected chi connectivity index (χ2v) is 10.5. The van der Waals surface area contributed by atoms with Crippen LogP contribution in [0.5, 0.6) is 0 Å². The summed E-state index contributed by atoms with van der Waals surface area (Å²) < 4.78 is 23.9. The predicted molar refractivity (Wildman–Crippen MR) is 133 cm³/mol. The van der Waals surface area contributed by atoms with E-state index in [2.05, 4.69) is 20.6 Å². The fourth-order valence-corrected chi connectivity index (χ4v) is 4.72. The fraction of sp³-hybridized carbons (Fsp3) is 0.292. The number of amides is 1. The number of sulfone groups is 1. The molecule has 1 saturated carbocycles. The van der Waals surface area contributed by atoms with Gasteiger partial charge in [0.25, 0.3) is 5.91 Å². The van der Waals surface area contributed by atoms with Crippen molar-refractivity contribution < 1.29 is 13.2 Å². The number of nitrogens with zero attached hydrogens (tertiary/aromatic N) is 2. The molecule has 0 bridgehead atoms. The van der Waals surface area contributed by atoms with Gasteiger partial charge in [0, 0.05) is 30.2 Å². The van der Waals surface area contributed by atoms with Gasteiger partial charge in [-0.3, -0.25) is 4.79 Å². The Morgan fingerprint density at radius 1 is 1.06 bits per heavy atom. The highest BCUT2D eigenvalue weighted by molar-refractivity contribution is 7.90. The molecule has 0 spiro atoms. The minimum Gasteiger partial charge on any atom is -0.365 e. The number of benzene rings is 2. The van der Waals surface area contributed by atoms with Crippen LogP contribution in [0.25, 0.3) is 11.1 Å². The van der Waals surface area contributed by atoms with E-state index in [9.17, 15) is 13.2 Å². The van der Waals surface area contributed by atoms with E-state index in [-0.39, 0.29) is 28.4 Å². The van der Waals surface area contributed by atoms with Gasteiger partial charge in [-0.2, -0.15) is 4.98 Å². The van der Waals surface area contributed by atoms with E-state index >= 15 is 0 Å². The molecule has 0 unspecified atom stereocenters. The minimum atomic E-state index is -3.33. The number of nitrogens with two attached hydrogens (primary N) is 2. The van der Waals surface area contributed by atoms with Crippen LogP contribution in [0.3, 0.4) is 0 Å². The van der Waals surface area contributed by atoms with Crippen LogP contribution in [-0.2, 0) is 9.84 Å². The topological polar surface area (TPSA) is 153 Å². The second kappa shape index (κ2) is 9.78. The maximum absolute atomic E-state index is 12.0. The number of carbonyl (C=O) groups excluding carboxylic acids is 1. The first-order chi connectivity index (χ1) is 16.2. The average molecular weight is 481 g/mol. The molecule has 0 radical (unpaired) electrons. The summed E-state index contributed by atoms with van der Waals surface area (Å²) in [5, 5.41) is 6.44. The Kier molecular flexibility index (Phi) is 6.80. The van der Waals surface area contributed by atoms with Crippen LogP contribution >= 0.6 is 0 Å². The van der Waals surface area contributed by atoms with Gasteiger partial charge in [0.2, 0.25) is 5.95 Å². The maximum Gasteiger partial charge on any atom is 0.254 e. The summed E-state index contributed by atoms with van der Waals surface area (Å²) in [7, 11) is -3.33. The van der Waals surface area contributed by atoms with Crippen LogP contribution in [0.4, 0.5) is 17.5 Å². The van der Waals surface area contributed by atoms with Crippen molar-refractivity contribution in [3.05, 3.63) is 60.3 Å². The Morgan fingerprint density at radius 3 is 2.47 bits per heavy atom. The summed E-state index contributed by atoms with van der Waals surface area (Å²) in [4.78, 5) is 21.0. The number of carbonyl (C=O) groups is 1. The number of hydrogen-bond acceptors (Lipinski definition) is 8. The van der Waals surface area contributed by atoms with Crippen molar-refractivity contribution in [1.82, 2.24) is 9.97 Å². The van der Waals surface area contributed by atoms with Gasteiger partial charge in [0.1, 0.15) is 11.4 Å². The molecule has 3 aromatic rings. The lowest BCUT2D eigenvalue weighted by Gasteiger charge is -2.29. The molecule has 2 atom stereocenters. The first-order valence-corrected chi connectivity index (χ1v) is 13.0. The molecule has 4 rings (SSSR count). The van der Waals surface area contributed by atoms with Gasteiger partial charge in [-0.1, -0.05) is 37.1 Å². The van der Waals surface area contributed by atoms with Gasteiger partial charge >= 0.3 is 0 Å². The number of primary amides is 1. The molecular formula is C24H28N6O3S. The molecular weight excluding hydrogens is 452 g/mol. The van der Waals surface area contributed by atoms with Gasteiger partial charge in [-0.15, -0.1) is 0 Å². The van der Waals surface area contributed by atoms with Crippen LogP contribution in [-0.4, -0.2) is 42.6 Å². The van der Waals surface area contributed by atoms with Crippen molar-refractivity contribution in [3.8, 4) is 11.1 Å². The molecule has 9 nitrogen and oxygen atoms in total. The highest BCUT2D eigenvalue weighted by Crippen LogP contribution is 2.28. The van der Waals surface area contributed by atoms with Gasteiger partial charge < -0.3 is 22.1 Å². The predicted octanol–water partition coefficient (Wildman–Crippen LogP) is 3.07. The first-order valence-electron chi connectivity index (χ1n) is 11.1. The molecule has 2 aromatic carbocycles. The highest BCUT2D eigenvalue weighted by atomic mass is 32.2. The monoisotopic (exact) mass is 480 g/mol. The number of anilines is 3. The Morgan fingerprint density at radius 2 is 1.76 bits per heavy atom. The van der Waals surface area contributed by atoms with Crippen molar-refractivity contribution in [3.63, 3.8) is 0 Å². The van der Waals surface area contributed by atoms with E-state index in [1.807, 2.05) is 30.3 Å². The van der Waals surface area contributed by atoms with Crippen LogP contribution in [0, 0.1) is 0 Å². The smallest absolute Gasteiger partial charge is 0.254 e. The minimum absolute atomic E-state index is 0.0176. The lowest BCUT2D eigenvalue weighted by Crippen LogP contribution is -2.43. The van der Waals surface area contributed by atoms with Gasteiger partial charge in [-0.05, 0) is 48.2 Å². The lowest BCUT2D eigenvalue weighted by atomic mass is 9.91. The molecule has 0 saturated heterocycles. The Balaban J connectivity index is 1.62. The second-order valence-electron chi connectivity index (χ2n) is 8.53. The van der Waals surface area contributed by atoms with Crippen LogP contribution in [0.1, 0.15) is 36.0 Å². The molecule has 0 aliphatic heterocycles. The zero-order chi connectivity index (χ0) is 24.3. The molecule has 6 N–H and O–H groups in total. The molecule has 1 amide bonds. The van der Waals surface area contributed by atoms with Crippen molar-refractivity contribution in [1.29, 1.82) is 0 Å². The SMILES string of the molecule is CS(=O)(=O)c1cccc(-c2cccc(Nc3nc(N[C@@H]4CCCC[C@@H]4N)ncc3C(N)=O)c2)c1. The van der Waals surface area contributed by atoms with Crippen molar-refractivity contribution in [2.75, 3.05) is 16.9 Å². The Hall–Kier alpha value is -3.50. The molecule has 178 valence electrons. The molecule has 34 heavy (non-hydrogen) atoms. The van der Waals surface area contributed by atoms with E-state index in [0.29, 0.717) is 11.6 Å².